The van der Waals surface area contributed by atoms with E-state index in [4.69, 9.17) is 4.84 Å². The van der Waals surface area contributed by atoms with Crippen molar-refractivity contribution in [3.8, 4) is 0 Å². The molecule has 1 N–H and O–H groups in total. The van der Waals surface area contributed by atoms with E-state index in [1.54, 1.807) is 6.07 Å². The molecule has 0 unspecified atom stereocenters. The van der Waals surface area contributed by atoms with Gasteiger partial charge in [-0.2, -0.15) is 0 Å². The van der Waals surface area contributed by atoms with Crippen molar-refractivity contribution in [3.05, 3.63) is 59.4 Å². The Labute approximate surface area is 161 Å². The first-order valence-corrected chi connectivity index (χ1v) is 10.6. The van der Waals surface area contributed by atoms with Crippen molar-refractivity contribution in [2.45, 2.75) is 22.3 Å². The first-order chi connectivity index (χ1) is 12.8. The normalized spacial score (nSPS) is 16.8. The van der Waals surface area contributed by atoms with Crippen molar-refractivity contribution < 1.29 is 22.4 Å². The van der Waals surface area contributed by atoms with Crippen LogP contribution in [0.1, 0.15) is 28.4 Å². The fourth-order valence-corrected chi connectivity index (χ4v) is 4.92. The zero-order chi connectivity index (χ0) is 19.6. The summed E-state index contributed by atoms with van der Waals surface area (Å²) in [5.41, 5.74) is 1.09. The number of halogens is 1. The average molecular weight is 410 g/mol. The van der Waals surface area contributed by atoms with Gasteiger partial charge in [0.15, 0.2) is 0 Å². The number of hydrogen-bond donors (Lipinski definition) is 1. The Morgan fingerprint density at radius 3 is 2.63 bits per heavy atom. The molecule has 3 rings (SSSR count). The maximum absolute atomic E-state index is 14.0. The number of sulfonamides is 1. The van der Waals surface area contributed by atoms with Crippen LogP contribution < -0.4 is 5.32 Å². The smallest absolute Gasteiger partial charge is 0.264 e. The van der Waals surface area contributed by atoms with Crippen LogP contribution in [0.5, 0.6) is 0 Å². The predicted octanol–water partition coefficient (Wildman–Crippen LogP) is 2.97. The summed E-state index contributed by atoms with van der Waals surface area (Å²) in [6, 6.07) is 10.1. The number of nitrogens with one attached hydrogen (secondary N) is 1. The Kier molecular flexibility index (Phi) is 5.85. The van der Waals surface area contributed by atoms with Crippen molar-refractivity contribution in [2.24, 2.45) is 0 Å². The molecule has 0 aliphatic carbocycles. The number of carbonyl (C=O) groups is 1. The minimum atomic E-state index is -3.77. The molecule has 0 saturated carbocycles. The molecule has 144 valence electrons. The van der Waals surface area contributed by atoms with Gasteiger partial charge in [0.2, 0.25) is 0 Å². The van der Waals surface area contributed by atoms with E-state index in [9.17, 15) is 17.6 Å². The summed E-state index contributed by atoms with van der Waals surface area (Å²) in [5, 5.41) is 2.91. The highest BCUT2D eigenvalue weighted by Crippen LogP contribution is 2.37. The summed E-state index contributed by atoms with van der Waals surface area (Å²) < 4.78 is 39.1. The van der Waals surface area contributed by atoms with E-state index in [0.717, 1.165) is 10.0 Å². The van der Waals surface area contributed by atoms with E-state index in [-0.39, 0.29) is 22.7 Å². The second-order valence-corrected chi connectivity index (χ2v) is 8.98. The second kappa shape index (κ2) is 7.97. The van der Waals surface area contributed by atoms with Crippen molar-refractivity contribution in [1.82, 2.24) is 9.79 Å². The summed E-state index contributed by atoms with van der Waals surface area (Å²) in [6.07, 6.45) is 0.692. The third-order valence-corrected chi connectivity index (χ3v) is 7.19. The van der Waals surface area contributed by atoms with Crippen LogP contribution in [0.25, 0.3) is 0 Å². The lowest BCUT2D eigenvalue weighted by molar-refractivity contribution is -0.0258. The topological polar surface area (TPSA) is 75.7 Å². The standard InChI is InChI=1S/C18H19FN2O4S2/c1-21(25-2)27(23,24)13-8-6-12(7-9-13)18(22)20-16-10-11-26-17-14(16)4-3-5-15(17)19/h3-9,16H,10-11H2,1-2H3,(H,20,22)/t16-/m0/s1. The van der Waals surface area contributed by atoms with E-state index in [2.05, 4.69) is 5.32 Å². The fraction of sp³-hybridized carbons (Fsp3) is 0.278. The maximum Gasteiger partial charge on any atom is 0.264 e. The van der Waals surface area contributed by atoms with Crippen LogP contribution in [0.4, 0.5) is 4.39 Å². The second-order valence-electron chi connectivity index (χ2n) is 5.94. The molecule has 0 saturated heterocycles. The quantitative estimate of drug-likeness (QED) is 0.767. The SMILES string of the molecule is CON(C)S(=O)(=O)c1ccc(C(=O)N[C@H]2CCSc3c(F)cccc32)cc1. The number of rotatable bonds is 5. The average Bonchev–Trinajstić information content (AvgIpc) is 2.68. The highest BCUT2D eigenvalue weighted by atomic mass is 32.2. The van der Waals surface area contributed by atoms with Gasteiger partial charge in [-0.15, -0.1) is 11.8 Å². The van der Waals surface area contributed by atoms with Gasteiger partial charge in [0.05, 0.1) is 18.0 Å². The molecule has 1 atom stereocenters. The molecule has 0 aromatic heterocycles. The van der Waals surface area contributed by atoms with E-state index in [1.165, 1.54) is 56.3 Å². The third-order valence-electron chi connectivity index (χ3n) is 4.34. The molecule has 2 aromatic carbocycles. The van der Waals surface area contributed by atoms with Crippen molar-refractivity contribution >= 4 is 27.7 Å². The van der Waals surface area contributed by atoms with Crippen LogP contribution in [0.15, 0.2) is 52.3 Å². The lowest BCUT2D eigenvalue weighted by Crippen LogP contribution is -2.31. The first-order valence-electron chi connectivity index (χ1n) is 8.19. The molecule has 1 amide bonds. The summed E-state index contributed by atoms with van der Waals surface area (Å²) in [6.45, 7) is 0. The van der Waals surface area contributed by atoms with E-state index in [0.29, 0.717) is 22.6 Å². The number of amides is 1. The largest absolute Gasteiger partial charge is 0.345 e. The van der Waals surface area contributed by atoms with Gasteiger partial charge in [0, 0.05) is 23.3 Å². The highest BCUT2D eigenvalue weighted by molar-refractivity contribution is 7.99. The highest BCUT2D eigenvalue weighted by Gasteiger charge is 2.25. The number of hydroxylamine groups is 1. The summed E-state index contributed by atoms with van der Waals surface area (Å²) in [4.78, 5) is 17.9. The molecule has 1 heterocycles. The van der Waals surface area contributed by atoms with Gasteiger partial charge in [-0.1, -0.05) is 16.6 Å². The molecular formula is C18H19FN2O4S2. The lowest BCUT2D eigenvalue weighted by atomic mass is 10.0. The number of thioether (sulfide) groups is 1. The molecule has 0 radical (unpaired) electrons. The number of carbonyl (C=O) groups excluding carboxylic acids is 1. The number of nitrogens with zero attached hydrogens (tertiary/aromatic N) is 1. The Hall–Kier alpha value is -1.94. The zero-order valence-corrected chi connectivity index (χ0v) is 16.4. The van der Waals surface area contributed by atoms with Crippen LogP contribution in [0, 0.1) is 5.82 Å². The Balaban J connectivity index is 1.78. The molecule has 27 heavy (non-hydrogen) atoms. The van der Waals surface area contributed by atoms with Crippen molar-refractivity contribution in [1.29, 1.82) is 0 Å². The number of benzene rings is 2. The van der Waals surface area contributed by atoms with E-state index in [1.807, 2.05) is 6.07 Å². The first kappa shape index (κ1) is 19.8. The van der Waals surface area contributed by atoms with E-state index < -0.39 is 10.0 Å². The predicted molar refractivity (Wildman–Crippen MR) is 100 cm³/mol. The molecule has 0 bridgehead atoms. The molecule has 1 aliphatic rings. The van der Waals surface area contributed by atoms with Crippen LogP contribution in [0.3, 0.4) is 0 Å². The van der Waals surface area contributed by atoms with Gasteiger partial charge in [0.1, 0.15) is 5.82 Å². The van der Waals surface area contributed by atoms with Crippen LogP contribution in [-0.2, 0) is 14.9 Å². The van der Waals surface area contributed by atoms with E-state index >= 15 is 0 Å². The Morgan fingerprint density at radius 1 is 1.26 bits per heavy atom. The lowest BCUT2D eigenvalue weighted by Gasteiger charge is -2.26. The minimum Gasteiger partial charge on any atom is -0.345 e. The van der Waals surface area contributed by atoms with Crippen LogP contribution in [0.2, 0.25) is 0 Å². The summed E-state index contributed by atoms with van der Waals surface area (Å²) >= 11 is 1.44. The monoisotopic (exact) mass is 410 g/mol. The molecule has 2 aromatic rings. The van der Waals surface area contributed by atoms with Gasteiger partial charge in [0.25, 0.3) is 15.9 Å². The van der Waals surface area contributed by atoms with Gasteiger partial charge < -0.3 is 5.32 Å². The number of fused-ring (bicyclic) bond motifs is 1. The minimum absolute atomic E-state index is 0.0184. The number of hydrogen-bond acceptors (Lipinski definition) is 5. The van der Waals surface area contributed by atoms with Gasteiger partial charge in [-0.3, -0.25) is 9.63 Å². The molecule has 6 nitrogen and oxygen atoms in total. The molecular weight excluding hydrogens is 391 g/mol. The van der Waals surface area contributed by atoms with Crippen LogP contribution in [-0.4, -0.2) is 38.7 Å². The van der Waals surface area contributed by atoms with Gasteiger partial charge in [-0.25, -0.2) is 12.8 Å². The molecule has 0 spiro atoms. The summed E-state index contributed by atoms with van der Waals surface area (Å²) in [7, 11) is -1.23. The maximum atomic E-state index is 14.0. The van der Waals surface area contributed by atoms with Crippen molar-refractivity contribution in [3.63, 3.8) is 0 Å². The Bertz CT molecular complexity index is 948. The summed E-state index contributed by atoms with van der Waals surface area (Å²) in [5.74, 6) is 0.0822. The molecule has 1 aliphatic heterocycles. The molecule has 9 heteroatoms. The van der Waals surface area contributed by atoms with Crippen LogP contribution >= 0.6 is 11.8 Å². The third kappa shape index (κ3) is 4.01. The van der Waals surface area contributed by atoms with Crippen molar-refractivity contribution in [2.75, 3.05) is 19.9 Å². The Morgan fingerprint density at radius 2 is 1.96 bits per heavy atom. The zero-order valence-electron chi connectivity index (χ0n) is 14.8. The van der Waals surface area contributed by atoms with Gasteiger partial charge in [-0.05, 0) is 42.3 Å². The van der Waals surface area contributed by atoms with Gasteiger partial charge >= 0.3 is 0 Å². The molecule has 0 fully saturated rings. The fourth-order valence-electron chi connectivity index (χ4n) is 2.80.